The van der Waals surface area contributed by atoms with Crippen LogP contribution in [0.1, 0.15) is 23.6 Å². The van der Waals surface area contributed by atoms with Crippen LogP contribution in [0.4, 0.5) is 11.5 Å². The minimum atomic E-state index is 0.695. The lowest BCUT2D eigenvalue weighted by Gasteiger charge is -2.09. The van der Waals surface area contributed by atoms with Crippen LogP contribution >= 0.6 is 0 Å². The summed E-state index contributed by atoms with van der Waals surface area (Å²) in [4.78, 5) is 4.29. The molecular weight excluding hydrogens is 222 g/mol. The summed E-state index contributed by atoms with van der Waals surface area (Å²) in [5, 5.41) is 3.26. The first-order valence-electron chi connectivity index (χ1n) is 6.23. The third-order valence-corrected chi connectivity index (χ3v) is 2.95. The van der Waals surface area contributed by atoms with Crippen LogP contribution < -0.4 is 11.1 Å². The number of nitrogen functional groups attached to an aromatic ring is 1. The topological polar surface area (TPSA) is 50.9 Å². The van der Waals surface area contributed by atoms with E-state index in [-0.39, 0.29) is 0 Å². The number of hydrogen-bond donors (Lipinski definition) is 2. The highest BCUT2D eigenvalue weighted by molar-refractivity contribution is 5.61. The summed E-state index contributed by atoms with van der Waals surface area (Å²) in [7, 11) is 0. The van der Waals surface area contributed by atoms with Gasteiger partial charge in [0.2, 0.25) is 0 Å². The lowest BCUT2D eigenvalue weighted by Crippen LogP contribution is -2.04. The van der Waals surface area contributed by atoms with Crippen LogP contribution in [0.15, 0.2) is 36.5 Å². The van der Waals surface area contributed by atoms with Crippen LogP contribution in [0.5, 0.6) is 0 Å². The van der Waals surface area contributed by atoms with Gasteiger partial charge in [-0.1, -0.05) is 31.2 Å². The molecule has 0 bridgehead atoms. The second-order valence-electron chi connectivity index (χ2n) is 4.47. The Morgan fingerprint density at radius 3 is 2.44 bits per heavy atom. The number of hydrogen-bond acceptors (Lipinski definition) is 3. The Bertz CT molecular complexity index is 518. The molecule has 1 aromatic carbocycles. The molecule has 0 fully saturated rings. The molecule has 3 heteroatoms. The number of nitrogens with two attached hydrogens (primary N) is 1. The Morgan fingerprint density at radius 2 is 1.83 bits per heavy atom. The smallest absolute Gasteiger partial charge is 0.149 e. The van der Waals surface area contributed by atoms with Crippen molar-refractivity contribution in [3.8, 4) is 0 Å². The third kappa shape index (κ3) is 3.00. The summed E-state index contributed by atoms with van der Waals surface area (Å²) in [5.41, 5.74) is 10.3. The molecule has 0 amide bonds. The zero-order chi connectivity index (χ0) is 13.0. The van der Waals surface area contributed by atoms with E-state index in [2.05, 4.69) is 41.5 Å². The number of nitrogens with zero attached hydrogens (tertiary/aromatic N) is 1. The van der Waals surface area contributed by atoms with Crippen molar-refractivity contribution in [1.29, 1.82) is 0 Å². The molecule has 0 aliphatic carbocycles. The van der Waals surface area contributed by atoms with Crippen molar-refractivity contribution in [2.75, 3.05) is 11.1 Å². The number of rotatable bonds is 4. The van der Waals surface area contributed by atoms with E-state index in [0.29, 0.717) is 5.69 Å². The van der Waals surface area contributed by atoms with E-state index in [0.717, 1.165) is 24.3 Å². The molecular formula is C15H19N3. The molecule has 2 rings (SSSR count). The van der Waals surface area contributed by atoms with Gasteiger partial charge in [0.25, 0.3) is 0 Å². The molecule has 2 aromatic rings. The van der Waals surface area contributed by atoms with E-state index < -0.39 is 0 Å². The maximum Gasteiger partial charge on any atom is 0.149 e. The molecule has 0 aliphatic heterocycles. The minimum Gasteiger partial charge on any atom is -0.396 e. The van der Waals surface area contributed by atoms with Crippen LogP contribution in [-0.4, -0.2) is 4.98 Å². The summed E-state index contributed by atoms with van der Waals surface area (Å²) in [6.07, 6.45) is 2.89. The molecule has 0 spiro atoms. The van der Waals surface area contributed by atoms with E-state index in [1.807, 2.05) is 19.2 Å². The van der Waals surface area contributed by atoms with E-state index in [4.69, 9.17) is 5.73 Å². The molecule has 3 N–H and O–H groups in total. The van der Waals surface area contributed by atoms with Gasteiger partial charge in [-0.15, -0.1) is 0 Å². The maximum atomic E-state index is 5.91. The maximum absolute atomic E-state index is 5.91. The zero-order valence-corrected chi connectivity index (χ0v) is 10.9. The molecule has 18 heavy (non-hydrogen) atoms. The summed E-state index contributed by atoms with van der Waals surface area (Å²) in [6, 6.07) is 10.5. The Labute approximate surface area is 108 Å². The van der Waals surface area contributed by atoms with E-state index >= 15 is 0 Å². The molecule has 0 radical (unpaired) electrons. The summed E-state index contributed by atoms with van der Waals surface area (Å²) in [6.45, 7) is 4.88. The molecule has 0 atom stereocenters. The lowest BCUT2D eigenvalue weighted by molar-refractivity contribution is 1.09. The highest BCUT2D eigenvalue weighted by Gasteiger charge is 2.00. The molecule has 3 nitrogen and oxygen atoms in total. The van der Waals surface area contributed by atoms with Crippen LogP contribution in [0, 0.1) is 6.92 Å². The predicted octanol–water partition coefficient (Wildman–Crippen LogP) is 3.15. The van der Waals surface area contributed by atoms with Crippen LogP contribution in [0.25, 0.3) is 0 Å². The fraction of sp³-hybridized carbons (Fsp3) is 0.267. The van der Waals surface area contributed by atoms with Gasteiger partial charge < -0.3 is 11.1 Å². The average Bonchev–Trinajstić information content (AvgIpc) is 2.38. The van der Waals surface area contributed by atoms with Gasteiger partial charge in [0.05, 0.1) is 5.69 Å². The fourth-order valence-electron chi connectivity index (χ4n) is 1.82. The van der Waals surface area contributed by atoms with Crippen molar-refractivity contribution in [3.05, 3.63) is 53.2 Å². The van der Waals surface area contributed by atoms with Gasteiger partial charge in [-0.25, -0.2) is 4.98 Å². The molecule has 0 saturated carbocycles. The first-order chi connectivity index (χ1) is 8.69. The summed E-state index contributed by atoms with van der Waals surface area (Å²) >= 11 is 0. The highest BCUT2D eigenvalue weighted by atomic mass is 15.0. The van der Waals surface area contributed by atoms with Gasteiger partial charge in [0.1, 0.15) is 5.82 Å². The molecule has 1 aromatic heterocycles. The summed E-state index contributed by atoms with van der Waals surface area (Å²) < 4.78 is 0. The van der Waals surface area contributed by atoms with E-state index in [9.17, 15) is 0 Å². The van der Waals surface area contributed by atoms with Crippen molar-refractivity contribution < 1.29 is 0 Å². The predicted molar refractivity (Wildman–Crippen MR) is 76.5 cm³/mol. The van der Waals surface area contributed by atoms with Crippen molar-refractivity contribution in [1.82, 2.24) is 4.98 Å². The first kappa shape index (κ1) is 12.4. The number of pyridine rings is 1. The first-order valence-corrected chi connectivity index (χ1v) is 6.23. The Balaban J connectivity index is 2.02. The third-order valence-electron chi connectivity index (χ3n) is 2.95. The molecule has 0 saturated heterocycles. The molecule has 1 heterocycles. The van der Waals surface area contributed by atoms with Gasteiger partial charge in [-0.2, -0.15) is 0 Å². The van der Waals surface area contributed by atoms with Crippen molar-refractivity contribution in [2.24, 2.45) is 0 Å². The average molecular weight is 241 g/mol. The standard InChI is InChI=1S/C15H19N3/c1-3-12-4-6-13(7-5-12)10-18-15-14(16)8-11(2)9-17-15/h4-9H,3,10,16H2,1-2H3,(H,17,18). The van der Waals surface area contributed by atoms with Crippen molar-refractivity contribution in [3.63, 3.8) is 0 Å². The Morgan fingerprint density at radius 1 is 1.17 bits per heavy atom. The number of aryl methyl sites for hydroxylation is 2. The van der Waals surface area contributed by atoms with Crippen molar-refractivity contribution >= 4 is 11.5 Å². The monoisotopic (exact) mass is 241 g/mol. The number of benzene rings is 1. The van der Waals surface area contributed by atoms with Crippen LogP contribution in [0.2, 0.25) is 0 Å². The zero-order valence-electron chi connectivity index (χ0n) is 10.9. The van der Waals surface area contributed by atoms with Crippen LogP contribution in [0.3, 0.4) is 0 Å². The van der Waals surface area contributed by atoms with E-state index in [1.54, 1.807) is 0 Å². The van der Waals surface area contributed by atoms with Crippen LogP contribution in [-0.2, 0) is 13.0 Å². The Hall–Kier alpha value is -2.03. The van der Waals surface area contributed by atoms with Gasteiger partial charge in [0, 0.05) is 12.7 Å². The van der Waals surface area contributed by atoms with Gasteiger partial charge in [-0.3, -0.25) is 0 Å². The number of aromatic nitrogens is 1. The molecule has 0 aliphatic rings. The summed E-state index contributed by atoms with van der Waals surface area (Å²) in [5.74, 6) is 0.750. The SMILES string of the molecule is CCc1ccc(CNc2ncc(C)cc2N)cc1. The quantitative estimate of drug-likeness (QED) is 0.864. The second kappa shape index (κ2) is 5.54. The normalized spacial score (nSPS) is 10.3. The Kier molecular flexibility index (Phi) is 3.82. The van der Waals surface area contributed by atoms with Gasteiger partial charge in [-0.05, 0) is 36.1 Å². The number of anilines is 2. The van der Waals surface area contributed by atoms with Crippen molar-refractivity contribution in [2.45, 2.75) is 26.8 Å². The lowest BCUT2D eigenvalue weighted by atomic mass is 10.1. The molecule has 94 valence electrons. The van der Waals surface area contributed by atoms with Gasteiger partial charge >= 0.3 is 0 Å². The largest absolute Gasteiger partial charge is 0.396 e. The minimum absolute atomic E-state index is 0.695. The van der Waals surface area contributed by atoms with E-state index in [1.165, 1.54) is 11.1 Å². The fourth-order valence-corrected chi connectivity index (χ4v) is 1.82. The highest BCUT2D eigenvalue weighted by Crippen LogP contribution is 2.17. The van der Waals surface area contributed by atoms with Gasteiger partial charge in [0.15, 0.2) is 0 Å². The molecule has 0 unspecified atom stereocenters. The number of nitrogens with one attached hydrogen (secondary N) is 1. The second-order valence-corrected chi connectivity index (χ2v) is 4.47.